The van der Waals surface area contributed by atoms with Crippen LogP contribution in [0.25, 0.3) is 22.5 Å². The molecule has 210 valence electrons. The second-order valence-electron chi connectivity index (χ2n) is 8.06. The van der Waals surface area contributed by atoms with Gasteiger partial charge in [-0.25, -0.2) is 4.79 Å². The summed E-state index contributed by atoms with van der Waals surface area (Å²) in [7, 11) is 0. The molecule has 1 amide bonds. The average molecular weight is 558 g/mol. The lowest BCUT2D eigenvalue weighted by molar-refractivity contribution is -0.192. The Morgan fingerprint density at radius 2 is 1.77 bits per heavy atom. The van der Waals surface area contributed by atoms with E-state index in [0.29, 0.717) is 28.3 Å². The van der Waals surface area contributed by atoms with Crippen molar-refractivity contribution < 1.29 is 51.0 Å². The van der Waals surface area contributed by atoms with Crippen LogP contribution in [0.2, 0.25) is 0 Å². The first-order chi connectivity index (χ1) is 18.4. The molecule has 3 aromatic rings. The Morgan fingerprint density at radius 3 is 2.36 bits per heavy atom. The van der Waals surface area contributed by atoms with Crippen LogP contribution in [0.4, 0.5) is 33.5 Å². The van der Waals surface area contributed by atoms with E-state index in [9.17, 15) is 31.9 Å². The Labute approximate surface area is 218 Å². The number of nitrogens with one attached hydrogen (secondary N) is 2. The highest BCUT2D eigenvalue weighted by Gasteiger charge is 2.38. The number of carboxylic acids is 1. The number of aromatic nitrogens is 1. The molecular formula is C24H23F5N4O6. The molecule has 2 heterocycles. The number of para-hydroxylation sites is 1. The van der Waals surface area contributed by atoms with E-state index in [2.05, 4.69) is 25.4 Å². The van der Waals surface area contributed by atoms with Crippen LogP contribution in [0.15, 0.2) is 47.0 Å². The molecule has 0 radical (unpaired) electrons. The van der Waals surface area contributed by atoms with Crippen LogP contribution in [0, 0.1) is 0 Å². The normalized spacial score (nSPS) is 13.5. The van der Waals surface area contributed by atoms with Gasteiger partial charge in [-0.05, 0) is 23.8 Å². The maximum atomic E-state index is 12.9. The number of ether oxygens (including phenoxy) is 1. The van der Waals surface area contributed by atoms with Gasteiger partial charge < -0.3 is 35.0 Å². The number of amides is 1. The molecular weight excluding hydrogens is 535 g/mol. The van der Waals surface area contributed by atoms with E-state index < -0.39 is 24.7 Å². The van der Waals surface area contributed by atoms with Crippen molar-refractivity contribution in [1.82, 2.24) is 10.5 Å². The number of hydrogen-bond acceptors (Lipinski definition) is 8. The summed E-state index contributed by atoms with van der Waals surface area (Å²) in [4.78, 5) is 22.3. The van der Waals surface area contributed by atoms with Crippen LogP contribution in [0.3, 0.4) is 0 Å². The van der Waals surface area contributed by atoms with Crippen LogP contribution >= 0.6 is 0 Å². The van der Waals surface area contributed by atoms with Gasteiger partial charge in [-0.3, -0.25) is 4.79 Å². The number of phenols is 1. The average Bonchev–Trinajstić information content (AvgIpc) is 3.35. The molecule has 4 rings (SSSR count). The topological polar surface area (TPSA) is 137 Å². The molecule has 4 N–H and O–H groups in total. The number of carboxylic acid groups (broad SMARTS) is 1. The number of carbonyl (C=O) groups excluding carboxylic acids is 1. The zero-order valence-electron chi connectivity index (χ0n) is 20.3. The molecule has 0 bridgehead atoms. The summed E-state index contributed by atoms with van der Waals surface area (Å²) in [6, 6.07) is 11.2. The first kappa shape index (κ1) is 29.2. The van der Waals surface area contributed by atoms with Crippen molar-refractivity contribution in [3.63, 3.8) is 0 Å². The molecule has 0 aliphatic carbocycles. The van der Waals surface area contributed by atoms with Gasteiger partial charge in [0.05, 0.1) is 11.3 Å². The quantitative estimate of drug-likeness (QED) is 0.326. The first-order valence-corrected chi connectivity index (χ1v) is 11.3. The molecule has 1 aliphatic heterocycles. The van der Waals surface area contributed by atoms with Gasteiger partial charge in [0, 0.05) is 44.7 Å². The molecule has 15 heteroatoms. The number of rotatable bonds is 6. The van der Waals surface area contributed by atoms with Crippen molar-refractivity contribution in [3.05, 3.63) is 42.5 Å². The van der Waals surface area contributed by atoms with E-state index in [4.69, 9.17) is 14.4 Å². The van der Waals surface area contributed by atoms with E-state index in [-0.39, 0.29) is 17.2 Å². The fraction of sp³-hybridized carbons (Fsp3) is 0.292. The van der Waals surface area contributed by atoms with Crippen molar-refractivity contribution in [2.24, 2.45) is 0 Å². The Balaban J connectivity index is 0.000000532. The van der Waals surface area contributed by atoms with E-state index in [1.807, 2.05) is 0 Å². The second kappa shape index (κ2) is 12.4. The zero-order chi connectivity index (χ0) is 28.7. The summed E-state index contributed by atoms with van der Waals surface area (Å²) in [5.74, 6) is -2.42. The maximum absolute atomic E-state index is 12.9. The number of benzene rings is 2. The highest BCUT2D eigenvalue weighted by molar-refractivity contribution is 5.91. The third-order valence-corrected chi connectivity index (χ3v) is 5.30. The number of anilines is 2. The predicted octanol–water partition coefficient (Wildman–Crippen LogP) is 4.32. The molecule has 0 spiro atoms. The molecule has 39 heavy (non-hydrogen) atoms. The van der Waals surface area contributed by atoms with E-state index in [1.165, 1.54) is 19.1 Å². The molecule has 10 nitrogen and oxygen atoms in total. The second-order valence-corrected chi connectivity index (χ2v) is 8.06. The molecule has 0 saturated carbocycles. The van der Waals surface area contributed by atoms with Crippen LogP contribution in [0.1, 0.15) is 6.92 Å². The lowest BCUT2D eigenvalue weighted by Gasteiger charge is -2.26. The molecule has 1 aliphatic rings. The minimum absolute atomic E-state index is 0.0919. The van der Waals surface area contributed by atoms with E-state index in [1.54, 1.807) is 30.3 Å². The van der Waals surface area contributed by atoms with Gasteiger partial charge in [-0.2, -0.15) is 22.0 Å². The van der Waals surface area contributed by atoms with Gasteiger partial charge in [0.25, 0.3) is 0 Å². The summed E-state index contributed by atoms with van der Waals surface area (Å²) >= 11 is 0. The van der Waals surface area contributed by atoms with Crippen LogP contribution in [-0.2, 0) is 9.59 Å². The number of hydrogen-bond donors (Lipinski definition) is 4. The van der Waals surface area contributed by atoms with E-state index >= 15 is 0 Å². The SMILES string of the molecule is CC(=O)Nc1ccc(-c2cccc(-c3cc(N4CCNCC4)no3)c2O)cc1OC(F)F.O=C(O)C(F)(F)F. The summed E-state index contributed by atoms with van der Waals surface area (Å²) in [5.41, 5.74) is 1.33. The van der Waals surface area contributed by atoms with Crippen molar-refractivity contribution in [2.75, 3.05) is 36.4 Å². The van der Waals surface area contributed by atoms with Crippen molar-refractivity contribution in [2.45, 2.75) is 19.7 Å². The minimum atomic E-state index is -5.08. The van der Waals surface area contributed by atoms with Gasteiger partial charge in [0.2, 0.25) is 5.91 Å². The number of phenolic OH excluding ortho intramolecular Hbond substituents is 1. The van der Waals surface area contributed by atoms with Gasteiger partial charge >= 0.3 is 18.8 Å². The summed E-state index contributed by atoms with van der Waals surface area (Å²) in [6.07, 6.45) is -5.08. The molecule has 0 atom stereocenters. The molecule has 1 fully saturated rings. The third kappa shape index (κ3) is 7.80. The molecule has 2 aromatic carbocycles. The molecule has 0 unspecified atom stereocenters. The Hall–Kier alpha value is -4.40. The molecule has 1 saturated heterocycles. The lowest BCUT2D eigenvalue weighted by Crippen LogP contribution is -2.43. The molecule has 1 aromatic heterocycles. The number of halogens is 5. The number of aromatic hydroxyl groups is 1. The van der Waals surface area contributed by atoms with Gasteiger partial charge in [-0.15, -0.1) is 0 Å². The highest BCUT2D eigenvalue weighted by atomic mass is 19.4. The van der Waals surface area contributed by atoms with Crippen molar-refractivity contribution in [3.8, 4) is 33.9 Å². The number of carbonyl (C=O) groups is 2. The largest absolute Gasteiger partial charge is 0.507 e. The zero-order valence-corrected chi connectivity index (χ0v) is 20.3. The number of aliphatic carboxylic acids is 1. The maximum Gasteiger partial charge on any atom is 0.490 e. The summed E-state index contributed by atoms with van der Waals surface area (Å²) < 4.78 is 67.5. The Morgan fingerprint density at radius 1 is 1.13 bits per heavy atom. The van der Waals surface area contributed by atoms with Crippen molar-refractivity contribution >= 4 is 23.4 Å². The Kier molecular flexibility index (Phi) is 9.29. The number of nitrogens with zero attached hydrogens (tertiary/aromatic N) is 2. The number of alkyl halides is 5. The lowest BCUT2D eigenvalue weighted by atomic mass is 9.99. The fourth-order valence-corrected chi connectivity index (χ4v) is 3.59. The Bertz CT molecular complexity index is 1310. The smallest absolute Gasteiger partial charge is 0.490 e. The standard InChI is InChI=1S/C22H22F2N4O4.C2HF3O2/c1-13(29)26-17-6-5-14(11-19(17)31-22(23)24)15-3-2-4-16(21(15)30)18-12-20(27-32-18)28-9-7-25-8-10-28;3-2(4,5)1(6)7/h2-6,11-12,22,25,30H,7-10H2,1H3,(H,26,29);(H,6,7). The van der Waals surface area contributed by atoms with Gasteiger partial charge in [0.1, 0.15) is 11.5 Å². The number of piperazine rings is 1. The minimum Gasteiger partial charge on any atom is -0.507 e. The van der Waals surface area contributed by atoms with Crippen molar-refractivity contribution in [1.29, 1.82) is 0 Å². The fourth-order valence-electron chi connectivity index (χ4n) is 3.59. The highest BCUT2D eigenvalue weighted by Crippen LogP contribution is 2.41. The summed E-state index contributed by atoms with van der Waals surface area (Å²) in [5, 5.41) is 27.9. The van der Waals surface area contributed by atoms with Gasteiger partial charge in [0.15, 0.2) is 11.6 Å². The van der Waals surface area contributed by atoms with Crippen LogP contribution < -0.4 is 20.3 Å². The van der Waals surface area contributed by atoms with E-state index in [0.717, 1.165) is 26.2 Å². The monoisotopic (exact) mass is 558 g/mol. The van der Waals surface area contributed by atoms with Crippen LogP contribution in [0.5, 0.6) is 11.5 Å². The third-order valence-electron chi connectivity index (χ3n) is 5.30. The predicted molar refractivity (Wildman–Crippen MR) is 129 cm³/mol. The summed E-state index contributed by atoms with van der Waals surface area (Å²) in [6.45, 7) is 1.48. The van der Waals surface area contributed by atoms with Crippen LogP contribution in [-0.4, -0.2) is 66.2 Å². The van der Waals surface area contributed by atoms with Gasteiger partial charge in [-0.1, -0.05) is 23.4 Å². The first-order valence-electron chi connectivity index (χ1n) is 11.3.